The predicted molar refractivity (Wildman–Crippen MR) is 335 cm³/mol. The van der Waals surface area contributed by atoms with Crippen molar-refractivity contribution in [1.29, 1.82) is 0 Å². The van der Waals surface area contributed by atoms with Crippen LogP contribution in [0, 0.1) is 0 Å². The van der Waals surface area contributed by atoms with Crippen molar-refractivity contribution in [3.8, 4) is 0 Å². The molecule has 77 heavy (non-hydrogen) atoms. The first-order valence-corrected chi connectivity index (χ1v) is 34.5. The Kier molecular flexibility index (Phi) is 64.1. The molecule has 452 valence electrons. The minimum absolute atomic E-state index is 0.0704. The Hall–Kier alpha value is -2.37. The van der Waals surface area contributed by atoms with Crippen LogP contribution in [0.5, 0.6) is 0 Å². The van der Waals surface area contributed by atoms with Crippen LogP contribution in [0.3, 0.4) is 0 Å². The summed E-state index contributed by atoms with van der Waals surface area (Å²) in [5, 5.41) is 0. The quantitative estimate of drug-likeness (QED) is 0.0261. The number of carbonyl (C=O) groups is 3. The maximum atomic E-state index is 13.0. The van der Waals surface area contributed by atoms with Gasteiger partial charge < -0.3 is 14.2 Å². The van der Waals surface area contributed by atoms with Gasteiger partial charge in [-0.05, 0) is 77.0 Å². The SMILES string of the molecule is CCCCC/C=C\C/C=C\CCCCCCCCCC(=O)OC[C@H](COC(=O)CCCCCCCCCCCCC/C=C\CCCCCCCC)OC(=O)CCCCCCCCCCCCCCCCCCCCCCC. The van der Waals surface area contributed by atoms with Gasteiger partial charge in [0.2, 0.25) is 0 Å². The molecule has 0 aliphatic heterocycles. The minimum Gasteiger partial charge on any atom is -0.462 e. The minimum atomic E-state index is -0.774. The van der Waals surface area contributed by atoms with Crippen molar-refractivity contribution < 1.29 is 28.6 Å². The standard InChI is InChI=1S/C71H132O6/c1-4-7-10-13-16-19-22-25-28-31-33-35-37-40-43-46-49-52-55-58-61-64-70(73)76-67-68(66-75-69(72)63-60-57-54-51-48-45-42-39-30-27-24-21-18-15-12-9-6-3)77-71(74)65-62-59-56-53-50-47-44-41-38-36-34-32-29-26-23-20-17-14-11-8-5-2/h18,21,25,27-28,30,68H,4-17,19-20,22-24,26,29,31-67H2,1-3H3/b21-18-,28-25-,30-27-/t68-/m1/s1. The molecule has 0 fully saturated rings. The largest absolute Gasteiger partial charge is 0.462 e. The topological polar surface area (TPSA) is 78.9 Å². The normalized spacial score (nSPS) is 12.2. The maximum Gasteiger partial charge on any atom is 0.306 e. The van der Waals surface area contributed by atoms with Crippen molar-refractivity contribution in [2.75, 3.05) is 13.2 Å². The first-order valence-electron chi connectivity index (χ1n) is 34.5. The second-order valence-electron chi connectivity index (χ2n) is 23.4. The molecule has 0 aromatic heterocycles. The molecule has 0 aromatic rings. The number of esters is 3. The Morgan fingerprint density at radius 1 is 0.260 bits per heavy atom. The fraction of sp³-hybridized carbons (Fsp3) is 0.873. The highest BCUT2D eigenvalue weighted by atomic mass is 16.6. The van der Waals surface area contributed by atoms with Crippen LogP contribution in [0.2, 0.25) is 0 Å². The van der Waals surface area contributed by atoms with Gasteiger partial charge in [0.1, 0.15) is 13.2 Å². The summed E-state index contributed by atoms with van der Waals surface area (Å²) >= 11 is 0. The van der Waals surface area contributed by atoms with Crippen molar-refractivity contribution in [1.82, 2.24) is 0 Å². The molecule has 0 amide bonds. The van der Waals surface area contributed by atoms with Gasteiger partial charge in [-0.15, -0.1) is 0 Å². The van der Waals surface area contributed by atoms with Gasteiger partial charge in [-0.3, -0.25) is 14.4 Å². The van der Waals surface area contributed by atoms with Gasteiger partial charge in [0, 0.05) is 19.3 Å². The van der Waals surface area contributed by atoms with E-state index < -0.39 is 6.10 Å². The summed E-state index contributed by atoms with van der Waals surface area (Å²) in [6, 6.07) is 0. The van der Waals surface area contributed by atoms with E-state index >= 15 is 0 Å². The summed E-state index contributed by atoms with van der Waals surface area (Å²) in [6.07, 6.45) is 81.6. The summed E-state index contributed by atoms with van der Waals surface area (Å²) in [6.45, 7) is 6.68. The van der Waals surface area contributed by atoms with Crippen LogP contribution in [0.4, 0.5) is 0 Å². The van der Waals surface area contributed by atoms with Crippen molar-refractivity contribution in [2.45, 2.75) is 386 Å². The molecule has 0 N–H and O–H groups in total. The third-order valence-electron chi connectivity index (χ3n) is 15.6. The number of allylic oxidation sites excluding steroid dienone is 6. The highest BCUT2D eigenvalue weighted by Crippen LogP contribution is 2.18. The molecule has 1 atom stereocenters. The van der Waals surface area contributed by atoms with Crippen LogP contribution in [0.1, 0.15) is 380 Å². The van der Waals surface area contributed by atoms with E-state index in [0.717, 1.165) is 70.6 Å². The lowest BCUT2D eigenvalue weighted by atomic mass is 10.0. The summed E-state index contributed by atoms with van der Waals surface area (Å²) < 4.78 is 17.0. The molecule has 0 unspecified atom stereocenters. The molecule has 0 saturated carbocycles. The van der Waals surface area contributed by atoms with Gasteiger partial charge in [0.05, 0.1) is 0 Å². The number of hydrogen-bond donors (Lipinski definition) is 0. The van der Waals surface area contributed by atoms with E-state index in [1.165, 1.54) is 270 Å². The van der Waals surface area contributed by atoms with E-state index in [2.05, 4.69) is 57.2 Å². The van der Waals surface area contributed by atoms with E-state index in [4.69, 9.17) is 14.2 Å². The Bertz CT molecular complexity index is 1290. The summed E-state index contributed by atoms with van der Waals surface area (Å²) in [5.41, 5.74) is 0. The molecule has 0 spiro atoms. The smallest absolute Gasteiger partial charge is 0.306 e. The highest BCUT2D eigenvalue weighted by molar-refractivity contribution is 5.71. The van der Waals surface area contributed by atoms with Gasteiger partial charge in [0.25, 0.3) is 0 Å². The lowest BCUT2D eigenvalue weighted by molar-refractivity contribution is -0.167. The van der Waals surface area contributed by atoms with Crippen molar-refractivity contribution >= 4 is 17.9 Å². The van der Waals surface area contributed by atoms with Crippen LogP contribution >= 0.6 is 0 Å². The van der Waals surface area contributed by atoms with Gasteiger partial charge >= 0.3 is 17.9 Å². The zero-order valence-electron chi connectivity index (χ0n) is 52.0. The monoisotopic (exact) mass is 1080 g/mol. The molecule has 0 heterocycles. The summed E-state index contributed by atoms with van der Waals surface area (Å²) in [5.74, 6) is -0.850. The third kappa shape index (κ3) is 64.3. The van der Waals surface area contributed by atoms with Gasteiger partial charge in [0.15, 0.2) is 6.10 Å². The zero-order valence-corrected chi connectivity index (χ0v) is 52.0. The van der Waals surface area contributed by atoms with E-state index in [9.17, 15) is 14.4 Å². The fourth-order valence-corrected chi connectivity index (χ4v) is 10.4. The van der Waals surface area contributed by atoms with Crippen molar-refractivity contribution in [3.63, 3.8) is 0 Å². The Morgan fingerprint density at radius 2 is 0.468 bits per heavy atom. The lowest BCUT2D eigenvalue weighted by Crippen LogP contribution is -2.30. The van der Waals surface area contributed by atoms with Gasteiger partial charge in [-0.1, -0.05) is 320 Å². The molecule has 6 nitrogen and oxygen atoms in total. The molecule has 0 rings (SSSR count). The van der Waals surface area contributed by atoms with E-state index in [1.807, 2.05) is 0 Å². The van der Waals surface area contributed by atoms with Crippen molar-refractivity contribution in [3.05, 3.63) is 36.5 Å². The number of ether oxygens (including phenoxy) is 3. The summed E-state index contributed by atoms with van der Waals surface area (Å²) in [4.78, 5) is 38.4. The molecular weight excluding hydrogens is 949 g/mol. The van der Waals surface area contributed by atoms with E-state index in [-0.39, 0.29) is 31.1 Å². The Labute approximate surface area is 480 Å². The number of hydrogen-bond acceptors (Lipinski definition) is 6. The third-order valence-corrected chi connectivity index (χ3v) is 15.6. The van der Waals surface area contributed by atoms with Gasteiger partial charge in [-0.25, -0.2) is 0 Å². The van der Waals surface area contributed by atoms with Crippen LogP contribution in [-0.2, 0) is 28.6 Å². The molecule has 0 radical (unpaired) electrons. The van der Waals surface area contributed by atoms with Crippen LogP contribution < -0.4 is 0 Å². The molecule has 0 aliphatic rings. The molecule has 0 aliphatic carbocycles. The highest BCUT2D eigenvalue weighted by Gasteiger charge is 2.19. The van der Waals surface area contributed by atoms with Crippen LogP contribution in [0.25, 0.3) is 0 Å². The zero-order chi connectivity index (χ0) is 55.7. The first kappa shape index (κ1) is 74.6. The fourth-order valence-electron chi connectivity index (χ4n) is 10.4. The Morgan fingerprint density at radius 3 is 0.753 bits per heavy atom. The number of carbonyl (C=O) groups excluding carboxylic acids is 3. The van der Waals surface area contributed by atoms with E-state index in [1.54, 1.807) is 0 Å². The average Bonchev–Trinajstić information content (AvgIpc) is 3.43. The van der Waals surface area contributed by atoms with Crippen LogP contribution in [-0.4, -0.2) is 37.2 Å². The second-order valence-corrected chi connectivity index (χ2v) is 23.4. The lowest BCUT2D eigenvalue weighted by Gasteiger charge is -2.18. The number of rotatable bonds is 64. The second kappa shape index (κ2) is 66.1. The molecule has 0 saturated heterocycles. The van der Waals surface area contributed by atoms with Gasteiger partial charge in [-0.2, -0.15) is 0 Å². The Balaban J connectivity index is 4.31. The first-order chi connectivity index (χ1) is 38.0. The summed E-state index contributed by atoms with van der Waals surface area (Å²) in [7, 11) is 0. The number of unbranched alkanes of at least 4 members (excludes halogenated alkanes) is 47. The van der Waals surface area contributed by atoms with E-state index in [0.29, 0.717) is 19.3 Å². The molecular formula is C71H132O6. The molecule has 6 heteroatoms. The average molecular weight is 1080 g/mol. The predicted octanol–water partition coefficient (Wildman–Crippen LogP) is 23.6. The maximum absolute atomic E-state index is 13.0. The van der Waals surface area contributed by atoms with Crippen LogP contribution in [0.15, 0.2) is 36.5 Å². The van der Waals surface area contributed by atoms with Crippen molar-refractivity contribution in [2.24, 2.45) is 0 Å². The molecule has 0 bridgehead atoms. The molecule has 0 aromatic carbocycles.